The summed E-state index contributed by atoms with van der Waals surface area (Å²) in [5.74, 6) is -3.59. The van der Waals surface area contributed by atoms with E-state index >= 15 is 0 Å². The summed E-state index contributed by atoms with van der Waals surface area (Å²) in [5, 5.41) is 42.7. The summed E-state index contributed by atoms with van der Waals surface area (Å²) in [6.07, 6.45) is 11.7. The second kappa shape index (κ2) is 14.6. The lowest BCUT2D eigenvalue weighted by Crippen LogP contribution is -2.41. The fourth-order valence-electron chi connectivity index (χ4n) is 8.26. The van der Waals surface area contributed by atoms with Crippen LogP contribution >= 0.6 is 0 Å². The van der Waals surface area contributed by atoms with E-state index in [0.717, 1.165) is 44.8 Å². The van der Waals surface area contributed by atoms with Crippen LogP contribution in [0.25, 0.3) is 6.08 Å². The van der Waals surface area contributed by atoms with Gasteiger partial charge in [0.1, 0.15) is 19.8 Å². The van der Waals surface area contributed by atoms with Gasteiger partial charge in [-0.05, 0) is 92.2 Å². The number of nitrogens with zero attached hydrogens (tertiary/aromatic N) is 2. The molecular weight excluding hydrogens is 676 g/mol. The summed E-state index contributed by atoms with van der Waals surface area (Å²) < 4.78 is 0. The topological polar surface area (TPSA) is 202 Å². The molecule has 12 heteroatoms. The minimum atomic E-state index is -1.20. The first kappa shape index (κ1) is 37.5. The minimum absolute atomic E-state index is 0.0739. The summed E-state index contributed by atoms with van der Waals surface area (Å²) in [5.41, 5.74) is 9.28. The predicted molar refractivity (Wildman–Crippen MR) is 200 cm³/mol. The van der Waals surface area contributed by atoms with Crippen molar-refractivity contribution < 1.29 is 39.6 Å². The van der Waals surface area contributed by atoms with Gasteiger partial charge >= 0.3 is 5.97 Å². The third-order valence-corrected chi connectivity index (χ3v) is 11.2. The molecule has 8 bridgehead atoms. The number of aliphatic hydroxyl groups excluding tert-OH is 3. The monoisotopic (exact) mass is 720 g/mol. The largest absolute Gasteiger partial charge is 0.481 e. The van der Waals surface area contributed by atoms with Crippen LogP contribution in [-0.2, 0) is 32.0 Å². The van der Waals surface area contributed by atoms with Crippen LogP contribution in [0.2, 0.25) is 0 Å². The van der Waals surface area contributed by atoms with Gasteiger partial charge in [0.25, 0.3) is 0 Å². The van der Waals surface area contributed by atoms with Crippen LogP contribution in [0.4, 0.5) is 0 Å². The second-order valence-electron chi connectivity index (χ2n) is 14.1. The molecule has 1 saturated heterocycles. The smallest absolute Gasteiger partial charge is 0.303 e. The average molecular weight is 721 g/mol. The molecular formula is C41H44N4O8. The molecule has 3 atom stereocenters. The molecule has 4 aliphatic heterocycles. The molecule has 5 aliphatic rings. The van der Waals surface area contributed by atoms with Crippen LogP contribution in [-0.4, -0.2) is 86.0 Å². The number of carboxylic acids is 1. The number of H-pyrrole nitrogens is 1. The maximum absolute atomic E-state index is 13.6. The molecule has 12 nitrogen and oxygen atoms in total. The molecule has 276 valence electrons. The molecule has 1 aromatic heterocycles. The van der Waals surface area contributed by atoms with Gasteiger partial charge in [-0.2, -0.15) is 0 Å². The molecule has 6 rings (SSSR count). The zero-order chi connectivity index (χ0) is 38.4. The van der Waals surface area contributed by atoms with Crippen molar-refractivity contribution in [2.75, 3.05) is 19.8 Å². The van der Waals surface area contributed by atoms with E-state index in [9.17, 15) is 39.6 Å². The van der Waals surface area contributed by atoms with E-state index < -0.39 is 54.7 Å². The van der Waals surface area contributed by atoms with E-state index in [1.807, 2.05) is 45.9 Å². The first-order valence-electron chi connectivity index (χ1n) is 17.6. The first-order valence-corrected chi connectivity index (χ1v) is 17.6. The van der Waals surface area contributed by atoms with E-state index in [2.05, 4.69) is 16.9 Å². The lowest BCUT2D eigenvalue weighted by molar-refractivity contribution is -0.137. The molecule has 1 aliphatic carbocycles. The van der Waals surface area contributed by atoms with Gasteiger partial charge in [-0.1, -0.05) is 24.8 Å². The molecule has 6 N–H and O–H groups in total. The molecule has 53 heavy (non-hydrogen) atoms. The molecule has 0 amide bonds. The van der Waals surface area contributed by atoms with Crippen molar-refractivity contribution in [1.29, 1.82) is 0 Å². The lowest BCUT2D eigenvalue weighted by Gasteiger charge is -2.37. The zero-order valence-electron chi connectivity index (χ0n) is 30.3. The van der Waals surface area contributed by atoms with Crippen molar-refractivity contribution in [3.05, 3.63) is 110 Å². The predicted octanol–water partition coefficient (Wildman–Crippen LogP) is 3.66. The van der Waals surface area contributed by atoms with Gasteiger partial charge < -0.3 is 30.7 Å². The Labute approximate surface area is 307 Å². The number of Topliss-reactive ketones (excluding diaryl/α,β-unsaturated/α-hetero) is 3. The first-order chi connectivity index (χ1) is 25.3. The number of allylic oxidation sites excluding steroid dienone is 9. The Hall–Kier alpha value is -5.30. The van der Waals surface area contributed by atoms with Crippen molar-refractivity contribution in [2.45, 2.75) is 65.8 Å². The van der Waals surface area contributed by atoms with Crippen molar-refractivity contribution in [1.82, 2.24) is 10.3 Å². The van der Waals surface area contributed by atoms with Gasteiger partial charge in [-0.3, -0.25) is 24.2 Å². The zero-order valence-corrected chi connectivity index (χ0v) is 30.3. The lowest BCUT2D eigenvalue weighted by atomic mass is 9.62. The number of carbonyl (C=O) groups is 4. The van der Waals surface area contributed by atoms with Crippen LogP contribution in [0.15, 0.2) is 97.5 Å². The number of ketones is 3. The van der Waals surface area contributed by atoms with Gasteiger partial charge in [-0.25, -0.2) is 4.99 Å². The van der Waals surface area contributed by atoms with Gasteiger partial charge in [0.15, 0.2) is 17.3 Å². The Morgan fingerprint density at radius 2 is 1.72 bits per heavy atom. The molecule has 0 spiro atoms. The maximum Gasteiger partial charge on any atom is 0.303 e. The van der Waals surface area contributed by atoms with Crippen molar-refractivity contribution >= 4 is 40.8 Å². The Balaban J connectivity index is 1.63. The number of rotatable bonds is 12. The SMILES string of the molecule is C=CC1=C(C)C2=NC/1=C\c1[nH]c(c(CCC(=O)O)c1C)CC1N=C(/C=C3\N/C(=C\2)C2=CC=C(C(=O)CO)[C@@H](C(=O)CO)[C@]23C)C(C)=C1CCC(=O)CO. The quantitative estimate of drug-likeness (QED) is 0.186. The van der Waals surface area contributed by atoms with Crippen LogP contribution in [0.3, 0.4) is 0 Å². The van der Waals surface area contributed by atoms with Crippen LogP contribution < -0.4 is 5.32 Å². The standard InChI is InChI=1S/C41H44N4O8/c1-6-24-20(2)30-14-35-28-11-9-27(36(50)18-47)40(37(51)19-48)41(28,5)38(45-35)16-31-22(4)25(8-7-23(49)17-46)33(44-31)15-34-26(10-12-39(52)53)21(3)29(43-34)13-32(24)42-30/h6,9,11,13-14,16,33,40,43,45-48H,1,7-8,10,12,15,17-19H2,2-5H3,(H,52,53)/b32-13-,35-14-,38-16-/t33?,40-,41+/m0/s1. The number of aromatic nitrogens is 1. The number of aromatic amines is 1. The number of fused-ring (bicyclic) bond motifs is 9. The number of carboxylic acid groups (broad SMARTS) is 1. The van der Waals surface area contributed by atoms with Gasteiger partial charge in [0.2, 0.25) is 0 Å². The second-order valence-corrected chi connectivity index (χ2v) is 14.1. The molecule has 1 fully saturated rings. The highest BCUT2D eigenvalue weighted by Gasteiger charge is 2.54. The minimum Gasteiger partial charge on any atom is -0.481 e. The summed E-state index contributed by atoms with van der Waals surface area (Å²) in [6.45, 7) is 9.45. The van der Waals surface area contributed by atoms with Crippen molar-refractivity contribution in [2.24, 2.45) is 21.3 Å². The number of aliphatic hydroxyl groups is 3. The summed E-state index contributed by atoms with van der Waals surface area (Å²) in [4.78, 5) is 64.5. The number of carbonyl (C=O) groups excluding carboxylic acids is 3. The number of aliphatic imine (C=N–C) groups is 2. The normalized spacial score (nSPS) is 26.2. The Morgan fingerprint density at radius 1 is 0.962 bits per heavy atom. The summed E-state index contributed by atoms with van der Waals surface area (Å²) in [7, 11) is 0. The molecule has 0 saturated carbocycles. The third-order valence-electron chi connectivity index (χ3n) is 11.2. The van der Waals surface area contributed by atoms with E-state index in [1.54, 1.807) is 12.2 Å². The summed E-state index contributed by atoms with van der Waals surface area (Å²) >= 11 is 0. The Morgan fingerprint density at radius 3 is 2.38 bits per heavy atom. The average Bonchev–Trinajstić information content (AvgIpc) is 3.79. The number of nitrogens with one attached hydrogen (secondary N) is 2. The molecule has 1 aromatic rings. The van der Waals surface area contributed by atoms with E-state index in [0.29, 0.717) is 46.9 Å². The third kappa shape index (κ3) is 6.51. The highest BCUT2D eigenvalue weighted by atomic mass is 16.4. The van der Waals surface area contributed by atoms with Crippen molar-refractivity contribution in [3.8, 4) is 0 Å². The maximum atomic E-state index is 13.6. The highest BCUT2D eigenvalue weighted by molar-refractivity contribution is 6.14. The highest BCUT2D eigenvalue weighted by Crippen LogP contribution is 2.54. The van der Waals surface area contributed by atoms with E-state index in [1.165, 1.54) is 6.08 Å². The summed E-state index contributed by atoms with van der Waals surface area (Å²) in [6, 6.07) is -0.447. The molecule has 5 heterocycles. The molecule has 1 unspecified atom stereocenters. The number of hydrogen-bond donors (Lipinski definition) is 6. The Kier molecular flexibility index (Phi) is 10.3. The van der Waals surface area contributed by atoms with Gasteiger partial charge in [0, 0.05) is 58.6 Å². The van der Waals surface area contributed by atoms with E-state index in [-0.39, 0.29) is 30.6 Å². The van der Waals surface area contributed by atoms with Crippen LogP contribution in [0, 0.1) is 18.3 Å². The van der Waals surface area contributed by atoms with Gasteiger partial charge in [-0.15, -0.1) is 0 Å². The fourth-order valence-corrected chi connectivity index (χ4v) is 8.26. The number of aliphatic carboxylic acids is 1. The van der Waals surface area contributed by atoms with E-state index in [4.69, 9.17) is 9.98 Å². The Bertz CT molecular complexity index is 2150. The van der Waals surface area contributed by atoms with Crippen LogP contribution in [0.5, 0.6) is 0 Å². The van der Waals surface area contributed by atoms with Crippen molar-refractivity contribution in [3.63, 3.8) is 0 Å². The molecule has 0 radical (unpaired) electrons. The molecule has 0 aromatic carbocycles. The fraction of sp³-hybridized carbons (Fsp3) is 0.366. The van der Waals surface area contributed by atoms with Crippen LogP contribution in [0.1, 0.15) is 62.5 Å². The number of hydrogen-bond acceptors (Lipinski definition) is 10. The van der Waals surface area contributed by atoms with Gasteiger partial charge in [0.05, 0.1) is 29.1 Å².